The van der Waals surface area contributed by atoms with Crippen molar-refractivity contribution in [3.8, 4) is 22.8 Å². The lowest BCUT2D eigenvalue weighted by Crippen LogP contribution is -2.30. The highest BCUT2D eigenvalue weighted by Gasteiger charge is 2.15. The van der Waals surface area contributed by atoms with Gasteiger partial charge < -0.3 is 9.42 Å². The molecule has 0 radical (unpaired) electrons. The van der Waals surface area contributed by atoms with E-state index in [9.17, 15) is 0 Å². The van der Waals surface area contributed by atoms with Crippen molar-refractivity contribution in [3.63, 3.8) is 0 Å². The minimum atomic E-state index is 0.465. The molecule has 0 unspecified atom stereocenters. The van der Waals surface area contributed by atoms with Gasteiger partial charge in [-0.3, -0.25) is 4.40 Å². The first kappa shape index (κ1) is 15.0. The van der Waals surface area contributed by atoms with E-state index in [2.05, 4.69) is 30.2 Å². The minimum absolute atomic E-state index is 0.465. The third-order valence-electron chi connectivity index (χ3n) is 4.65. The summed E-state index contributed by atoms with van der Waals surface area (Å²) in [6.45, 7) is 2.10. The van der Waals surface area contributed by atoms with E-state index >= 15 is 0 Å². The van der Waals surface area contributed by atoms with Crippen molar-refractivity contribution in [3.05, 3.63) is 43.0 Å². The van der Waals surface area contributed by atoms with Crippen LogP contribution in [0.25, 0.3) is 28.5 Å². The smallest absolute Gasteiger partial charge is 0.259 e. The molecule has 1 fully saturated rings. The van der Waals surface area contributed by atoms with E-state index in [0.717, 1.165) is 35.7 Å². The van der Waals surface area contributed by atoms with Gasteiger partial charge in [-0.1, -0.05) is 5.16 Å². The van der Waals surface area contributed by atoms with Gasteiger partial charge in [0.15, 0.2) is 5.65 Å². The first-order chi connectivity index (χ1) is 12.9. The molecule has 26 heavy (non-hydrogen) atoms. The van der Waals surface area contributed by atoms with E-state index in [4.69, 9.17) is 4.52 Å². The minimum Gasteiger partial charge on any atom is -0.357 e. The van der Waals surface area contributed by atoms with E-state index in [1.165, 1.54) is 19.3 Å². The molecule has 0 spiro atoms. The van der Waals surface area contributed by atoms with Gasteiger partial charge in [0.1, 0.15) is 12.1 Å². The Balaban J connectivity index is 1.46. The molecule has 5 rings (SSSR count). The van der Waals surface area contributed by atoms with Crippen molar-refractivity contribution < 1.29 is 4.52 Å². The molecule has 8 heteroatoms. The van der Waals surface area contributed by atoms with Crippen LogP contribution in [0.4, 0.5) is 5.82 Å². The Bertz CT molecular complexity index is 1050. The van der Waals surface area contributed by atoms with E-state index in [-0.39, 0.29) is 0 Å². The maximum absolute atomic E-state index is 5.47. The summed E-state index contributed by atoms with van der Waals surface area (Å²) in [5, 5.41) is 12.0. The average molecular weight is 347 g/mol. The molecule has 1 aliphatic heterocycles. The fourth-order valence-electron chi connectivity index (χ4n) is 3.27. The lowest BCUT2D eigenvalue weighted by Gasteiger charge is -2.27. The SMILES string of the molecule is c1cc(-c2noc(-c3ccc4nncn4c3)n2)cc(N2CCCCC2)n1. The van der Waals surface area contributed by atoms with Crippen LogP contribution in [-0.2, 0) is 0 Å². The number of hydrogen-bond donors (Lipinski definition) is 0. The Labute approximate surface area is 149 Å². The van der Waals surface area contributed by atoms with Crippen molar-refractivity contribution in [2.75, 3.05) is 18.0 Å². The number of fused-ring (bicyclic) bond motifs is 1. The molecule has 0 aromatic carbocycles. The molecule has 4 aromatic heterocycles. The quantitative estimate of drug-likeness (QED) is 0.563. The Morgan fingerprint density at radius 3 is 2.85 bits per heavy atom. The van der Waals surface area contributed by atoms with Crippen LogP contribution in [0.15, 0.2) is 47.5 Å². The summed E-state index contributed by atoms with van der Waals surface area (Å²) in [4.78, 5) is 11.4. The van der Waals surface area contributed by atoms with Gasteiger partial charge >= 0.3 is 0 Å². The zero-order valence-corrected chi connectivity index (χ0v) is 14.1. The van der Waals surface area contributed by atoms with E-state index < -0.39 is 0 Å². The van der Waals surface area contributed by atoms with Gasteiger partial charge in [-0.05, 0) is 43.5 Å². The number of rotatable bonds is 3. The molecule has 0 N–H and O–H groups in total. The molecule has 130 valence electrons. The molecule has 0 saturated carbocycles. The van der Waals surface area contributed by atoms with E-state index in [0.29, 0.717) is 11.7 Å². The molecular weight excluding hydrogens is 330 g/mol. The van der Waals surface area contributed by atoms with Gasteiger partial charge in [0.2, 0.25) is 5.82 Å². The fraction of sp³-hybridized carbons (Fsp3) is 0.278. The molecule has 1 saturated heterocycles. The van der Waals surface area contributed by atoms with E-state index in [1.807, 2.05) is 34.9 Å². The van der Waals surface area contributed by atoms with Crippen LogP contribution in [0.3, 0.4) is 0 Å². The number of pyridine rings is 2. The summed E-state index contributed by atoms with van der Waals surface area (Å²) >= 11 is 0. The zero-order valence-electron chi connectivity index (χ0n) is 14.1. The second-order valence-corrected chi connectivity index (χ2v) is 6.39. The Kier molecular flexibility index (Phi) is 3.59. The Morgan fingerprint density at radius 2 is 1.92 bits per heavy atom. The lowest BCUT2D eigenvalue weighted by molar-refractivity contribution is 0.432. The number of nitrogens with zero attached hydrogens (tertiary/aromatic N) is 7. The van der Waals surface area contributed by atoms with E-state index in [1.54, 1.807) is 12.5 Å². The Morgan fingerprint density at radius 1 is 1.00 bits per heavy atom. The molecule has 0 atom stereocenters. The summed E-state index contributed by atoms with van der Waals surface area (Å²) in [6, 6.07) is 7.70. The standard InChI is InChI=1S/C18H17N7O/c1-2-8-24(9-3-1)16-10-13(6-7-19-16)17-21-18(26-23-17)14-4-5-15-22-20-12-25(15)11-14/h4-7,10-12H,1-3,8-9H2. The summed E-state index contributed by atoms with van der Waals surface area (Å²) in [5.74, 6) is 2.00. The van der Waals surface area contributed by atoms with Crippen molar-refractivity contribution in [2.24, 2.45) is 0 Å². The second-order valence-electron chi connectivity index (χ2n) is 6.39. The summed E-state index contributed by atoms with van der Waals surface area (Å²) in [6.07, 6.45) is 9.04. The maximum atomic E-state index is 5.47. The van der Waals surface area contributed by atoms with Crippen LogP contribution in [0.1, 0.15) is 19.3 Å². The highest BCUT2D eigenvalue weighted by atomic mass is 16.5. The van der Waals surface area contributed by atoms with Crippen LogP contribution >= 0.6 is 0 Å². The molecule has 0 bridgehead atoms. The van der Waals surface area contributed by atoms with Gasteiger partial charge in [0.05, 0.1) is 5.56 Å². The molecule has 4 aromatic rings. The van der Waals surface area contributed by atoms with Crippen LogP contribution in [0.2, 0.25) is 0 Å². The molecule has 1 aliphatic rings. The third-order valence-corrected chi connectivity index (χ3v) is 4.65. The topological polar surface area (TPSA) is 85.2 Å². The molecule has 0 aliphatic carbocycles. The number of anilines is 1. The van der Waals surface area contributed by atoms with Gasteiger partial charge in [0.25, 0.3) is 5.89 Å². The van der Waals surface area contributed by atoms with Gasteiger partial charge in [-0.2, -0.15) is 4.98 Å². The zero-order chi connectivity index (χ0) is 17.3. The van der Waals surface area contributed by atoms with Gasteiger partial charge in [-0.15, -0.1) is 10.2 Å². The monoisotopic (exact) mass is 347 g/mol. The lowest BCUT2D eigenvalue weighted by atomic mass is 10.1. The van der Waals surface area contributed by atoms with Crippen molar-refractivity contribution in [2.45, 2.75) is 19.3 Å². The molecular formula is C18H17N7O. The number of piperidine rings is 1. The van der Waals surface area contributed by atoms with Crippen LogP contribution in [0.5, 0.6) is 0 Å². The average Bonchev–Trinajstić information content (AvgIpc) is 3.38. The maximum Gasteiger partial charge on any atom is 0.259 e. The molecule has 5 heterocycles. The first-order valence-electron chi connectivity index (χ1n) is 8.72. The van der Waals surface area contributed by atoms with Crippen molar-refractivity contribution >= 4 is 11.5 Å². The van der Waals surface area contributed by atoms with Gasteiger partial charge in [0, 0.05) is 31.0 Å². The highest BCUT2D eigenvalue weighted by molar-refractivity contribution is 5.63. The summed E-state index contributed by atoms with van der Waals surface area (Å²) in [5.41, 5.74) is 2.50. The summed E-state index contributed by atoms with van der Waals surface area (Å²) < 4.78 is 7.29. The van der Waals surface area contributed by atoms with Gasteiger partial charge in [-0.25, -0.2) is 4.98 Å². The predicted molar refractivity (Wildman–Crippen MR) is 95.6 cm³/mol. The van der Waals surface area contributed by atoms with Crippen molar-refractivity contribution in [1.29, 1.82) is 0 Å². The largest absolute Gasteiger partial charge is 0.357 e. The van der Waals surface area contributed by atoms with Crippen molar-refractivity contribution in [1.82, 2.24) is 29.7 Å². The number of hydrogen-bond acceptors (Lipinski definition) is 7. The van der Waals surface area contributed by atoms with Crippen LogP contribution < -0.4 is 4.90 Å². The van der Waals surface area contributed by atoms with Crippen LogP contribution in [0, 0.1) is 0 Å². The Hall–Kier alpha value is -3.29. The number of aromatic nitrogens is 6. The second kappa shape index (κ2) is 6.21. The predicted octanol–water partition coefficient (Wildman–Crippen LogP) is 2.83. The normalized spacial score (nSPS) is 14.8. The summed E-state index contributed by atoms with van der Waals surface area (Å²) in [7, 11) is 0. The third kappa shape index (κ3) is 2.69. The molecule has 8 nitrogen and oxygen atoms in total. The molecule has 0 amide bonds. The van der Waals surface area contributed by atoms with Crippen LogP contribution in [-0.4, -0.2) is 42.8 Å². The first-order valence-corrected chi connectivity index (χ1v) is 8.72. The fourth-order valence-corrected chi connectivity index (χ4v) is 3.27. The highest BCUT2D eigenvalue weighted by Crippen LogP contribution is 2.25.